The fourth-order valence-electron chi connectivity index (χ4n) is 4.47. The minimum absolute atomic E-state index is 0.130. The highest BCUT2D eigenvalue weighted by Gasteiger charge is 2.16. The molecule has 35 heavy (non-hydrogen) atoms. The van der Waals surface area contributed by atoms with Crippen molar-refractivity contribution >= 4 is 23.7 Å². The number of hydrazone groups is 1. The summed E-state index contributed by atoms with van der Waals surface area (Å²) < 4.78 is 11.0. The fraction of sp³-hybridized carbons (Fsp3) is 0.519. The van der Waals surface area contributed by atoms with Crippen molar-refractivity contribution in [1.82, 2.24) is 9.88 Å². The molecule has 188 valence electrons. The number of esters is 1. The van der Waals surface area contributed by atoms with E-state index in [0.717, 1.165) is 69.2 Å². The van der Waals surface area contributed by atoms with Crippen LogP contribution in [0.15, 0.2) is 41.5 Å². The summed E-state index contributed by atoms with van der Waals surface area (Å²) in [5.74, 6) is 0.574. The molecule has 0 saturated carbocycles. The van der Waals surface area contributed by atoms with Crippen molar-refractivity contribution in [1.29, 1.82) is 0 Å². The molecule has 3 heterocycles. The maximum Gasteiger partial charge on any atom is 0.320 e. The molecule has 4 rings (SSSR count). The van der Waals surface area contributed by atoms with Crippen molar-refractivity contribution in [3.63, 3.8) is 0 Å². The molecular formula is C27H37N5O3. The number of hydrogen-bond acceptors (Lipinski definition) is 8. The van der Waals surface area contributed by atoms with Crippen LogP contribution in [0.4, 0.5) is 11.5 Å². The van der Waals surface area contributed by atoms with Gasteiger partial charge in [0.1, 0.15) is 5.82 Å². The highest BCUT2D eigenvalue weighted by atomic mass is 16.5. The number of rotatable bonds is 10. The Labute approximate surface area is 208 Å². The Morgan fingerprint density at radius 3 is 2.77 bits per heavy atom. The molecule has 2 aliphatic rings. The van der Waals surface area contributed by atoms with Crippen LogP contribution in [-0.2, 0) is 20.7 Å². The Hall–Kier alpha value is -2.97. The van der Waals surface area contributed by atoms with E-state index in [9.17, 15) is 4.79 Å². The summed E-state index contributed by atoms with van der Waals surface area (Å²) in [6.07, 6.45) is 6.87. The maximum absolute atomic E-state index is 12.2. The van der Waals surface area contributed by atoms with Gasteiger partial charge < -0.3 is 14.4 Å². The van der Waals surface area contributed by atoms with Gasteiger partial charge in [-0.1, -0.05) is 36.2 Å². The standard InChI is InChI=1S/C27H37N5O3/c1-22-7-5-8-23(17-22)20-28-30-26-19-25(32-12-15-34-16-13-32)18-24(29-26)9-6-14-35-27(33)21-31-10-3-2-4-11-31/h5,7-8,17-20H,2-4,6,9-16,21H2,1H3,(H,29,30). The number of nitrogens with one attached hydrogen (secondary N) is 1. The fourth-order valence-corrected chi connectivity index (χ4v) is 4.47. The lowest BCUT2D eigenvalue weighted by Gasteiger charge is -2.29. The van der Waals surface area contributed by atoms with E-state index in [1.165, 1.54) is 24.8 Å². The molecular weight excluding hydrogens is 442 g/mol. The van der Waals surface area contributed by atoms with E-state index in [0.29, 0.717) is 19.0 Å². The first-order chi connectivity index (χ1) is 17.2. The number of nitrogens with zero attached hydrogens (tertiary/aromatic N) is 4. The van der Waals surface area contributed by atoms with Crippen molar-refractivity contribution < 1.29 is 14.3 Å². The number of aryl methyl sites for hydroxylation is 2. The summed E-state index contributed by atoms with van der Waals surface area (Å²) >= 11 is 0. The van der Waals surface area contributed by atoms with Crippen LogP contribution in [0.1, 0.15) is 42.5 Å². The predicted molar refractivity (Wildman–Crippen MR) is 139 cm³/mol. The van der Waals surface area contributed by atoms with Gasteiger partial charge >= 0.3 is 5.97 Å². The van der Waals surface area contributed by atoms with Gasteiger partial charge in [-0.25, -0.2) is 4.98 Å². The van der Waals surface area contributed by atoms with E-state index in [1.807, 2.05) is 18.2 Å². The second-order valence-electron chi connectivity index (χ2n) is 9.25. The first-order valence-electron chi connectivity index (χ1n) is 12.7. The molecule has 0 aliphatic carbocycles. The number of benzene rings is 1. The number of ether oxygens (including phenoxy) is 2. The lowest BCUT2D eigenvalue weighted by molar-refractivity contribution is -0.145. The molecule has 2 saturated heterocycles. The van der Waals surface area contributed by atoms with E-state index in [-0.39, 0.29) is 5.97 Å². The minimum atomic E-state index is -0.130. The Kier molecular flexibility index (Phi) is 9.48. The minimum Gasteiger partial charge on any atom is -0.465 e. The van der Waals surface area contributed by atoms with Crippen molar-refractivity contribution in [2.45, 2.75) is 39.0 Å². The number of piperidine rings is 1. The smallest absolute Gasteiger partial charge is 0.320 e. The largest absolute Gasteiger partial charge is 0.465 e. The van der Waals surface area contributed by atoms with Gasteiger partial charge in [0.25, 0.3) is 0 Å². The molecule has 8 nitrogen and oxygen atoms in total. The van der Waals surface area contributed by atoms with Crippen LogP contribution < -0.4 is 10.3 Å². The molecule has 0 bridgehead atoms. The third kappa shape index (κ3) is 8.33. The second-order valence-corrected chi connectivity index (χ2v) is 9.25. The lowest BCUT2D eigenvalue weighted by atomic mass is 10.1. The highest BCUT2D eigenvalue weighted by Crippen LogP contribution is 2.22. The van der Waals surface area contributed by atoms with Crippen LogP contribution in [-0.4, -0.2) is 74.6 Å². The number of anilines is 2. The summed E-state index contributed by atoms with van der Waals surface area (Å²) in [6.45, 7) is 8.01. The topological polar surface area (TPSA) is 79.3 Å². The van der Waals surface area contributed by atoms with Crippen LogP contribution in [0.3, 0.4) is 0 Å². The Balaban J connectivity index is 1.33. The molecule has 0 spiro atoms. The molecule has 2 fully saturated rings. The molecule has 2 aromatic rings. The normalized spacial score (nSPS) is 17.0. The van der Waals surface area contributed by atoms with E-state index < -0.39 is 0 Å². The van der Waals surface area contributed by atoms with Gasteiger partial charge in [-0.15, -0.1) is 0 Å². The van der Waals surface area contributed by atoms with Gasteiger partial charge in [-0.3, -0.25) is 15.1 Å². The van der Waals surface area contributed by atoms with Gasteiger partial charge in [-0.2, -0.15) is 5.10 Å². The highest BCUT2D eigenvalue weighted by molar-refractivity contribution is 5.80. The van der Waals surface area contributed by atoms with Crippen LogP contribution in [0.25, 0.3) is 0 Å². The Morgan fingerprint density at radius 2 is 1.97 bits per heavy atom. The van der Waals surface area contributed by atoms with Gasteiger partial charge in [0.05, 0.1) is 32.6 Å². The molecule has 0 unspecified atom stereocenters. The van der Waals surface area contributed by atoms with Crippen molar-refractivity contribution in [3.05, 3.63) is 53.2 Å². The lowest BCUT2D eigenvalue weighted by Crippen LogP contribution is -2.36. The number of hydrogen-bond donors (Lipinski definition) is 1. The van der Waals surface area contributed by atoms with Crippen LogP contribution in [0, 0.1) is 6.92 Å². The third-order valence-corrected chi connectivity index (χ3v) is 6.32. The number of carbonyl (C=O) groups excluding carboxylic acids is 1. The molecule has 0 radical (unpaired) electrons. The first kappa shape index (κ1) is 25.1. The molecule has 1 aromatic heterocycles. The third-order valence-electron chi connectivity index (χ3n) is 6.32. The Morgan fingerprint density at radius 1 is 1.14 bits per heavy atom. The number of aromatic nitrogens is 1. The summed E-state index contributed by atoms with van der Waals surface area (Å²) in [5.41, 5.74) is 7.38. The zero-order chi connectivity index (χ0) is 24.3. The van der Waals surface area contributed by atoms with Gasteiger partial charge in [-0.05, 0) is 57.3 Å². The molecule has 0 amide bonds. The second kappa shape index (κ2) is 13.2. The van der Waals surface area contributed by atoms with Crippen LogP contribution in [0.2, 0.25) is 0 Å². The van der Waals surface area contributed by atoms with Crippen molar-refractivity contribution in [2.75, 3.05) is 62.9 Å². The quantitative estimate of drug-likeness (QED) is 0.241. The number of likely N-dealkylation sites (tertiary alicyclic amines) is 1. The predicted octanol–water partition coefficient (Wildman–Crippen LogP) is 3.63. The molecule has 2 aliphatic heterocycles. The molecule has 0 atom stereocenters. The zero-order valence-electron chi connectivity index (χ0n) is 20.7. The number of morpholine rings is 1. The van der Waals surface area contributed by atoms with E-state index in [2.05, 4.69) is 45.4 Å². The van der Waals surface area contributed by atoms with Gasteiger partial charge in [0.15, 0.2) is 0 Å². The van der Waals surface area contributed by atoms with Crippen molar-refractivity contribution in [3.8, 4) is 0 Å². The van der Waals surface area contributed by atoms with E-state index in [1.54, 1.807) is 6.21 Å². The average Bonchev–Trinajstić information content (AvgIpc) is 2.88. The monoisotopic (exact) mass is 479 g/mol. The van der Waals surface area contributed by atoms with Gasteiger partial charge in [0.2, 0.25) is 0 Å². The molecule has 1 N–H and O–H groups in total. The Bertz CT molecular complexity index is 985. The zero-order valence-corrected chi connectivity index (χ0v) is 20.7. The maximum atomic E-state index is 12.2. The average molecular weight is 480 g/mol. The van der Waals surface area contributed by atoms with E-state index >= 15 is 0 Å². The summed E-state index contributed by atoms with van der Waals surface area (Å²) in [7, 11) is 0. The van der Waals surface area contributed by atoms with E-state index in [4.69, 9.17) is 14.5 Å². The van der Waals surface area contributed by atoms with Crippen LogP contribution in [0.5, 0.6) is 0 Å². The van der Waals surface area contributed by atoms with Crippen LogP contribution >= 0.6 is 0 Å². The number of carbonyl (C=O) groups is 1. The summed E-state index contributed by atoms with van der Waals surface area (Å²) in [6, 6.07) is 12.3. The SMILES string of the molecule is Cc1cccc(C=NNc2cc(N3CCOCC3)cc(CCCOC(=O)CN3CCCCC3)n2)c1. The summed E-state index contributed by atoms with van der Waals surface area (Å²) in [4.78, 5) is 21.4. The molecule has 1 aromatic carbocycles. The van der Waals surface area contributed by atoms with Crippen molar-refractivity contribution in [2.24, 2.45) is 5.10 Å². The molecule has 8 heteroatoms. The summed E-state index contributed by atoms with van der Waals surface area (Å²) in [5, 5.41) is 4.40. The van der Waals surface area contributed by atoms with Gasteiger partial charge in [0, 0.05) is 30.5 Å². The first-order valence-corrected chi connectivity index (χ1v) is 12.7. The number of pyridine rings is 1.